The predicted molar refractivity (Wildman–Crippen MR) is 62.4 cm³/mol. The fourth-order valence-electron chi connectivity index (χ4n) is 2.00. The first-order valence-corrected chi connectivity index (χ1v) is 6.53. The highest BCUT2D eigenvalue weighted by Crippen LogP contribution is 2.20. The summed E-state index contributed by atoms with van der Waals surface area (Å²) >= 11 is 1.82. The molecule has 2 nitrogen and oxygen atoms in total. The molecule has 3 heteroatoms. The van der Waals surface area contributed by atoms with Crippen LogP contribution >= 0.6 is 11.3 Å². The lowest BCUT2D eigenvalue weighted by Crippen LogP contribution is -2.38. The van der Waals surface area contributed by atoms with Crippen molar-refractivity contribution in [2.24, 2.45) is 0 Å². The van der Waals surface area contributed by atoms with Gasteiger partial charge in [0.1, 0.15) is 0 Å². The number of thiophene rings is 1. The van der Waals surface area contributed by atoms with E-state index < -0.39 is 0 Å². The van der Waals surface area contributed by atoms with Gasteiger partial charge in [-0.1, -0.05) is 13.0 Å². The third-order valence-corrected chi connectivity index (χ3v) is 3.76. The Morgan fingerprint density at radius 2 is 2.13 bits per heavy atom. The molecule has 2 rings (SSSR count). The summed E-state index contributed by atoms with van der Waals surface area (Å²) in [5.74, 6) is 0. The number of hydrogen-bond donors (Lipinski definition) is 0. The van der Waals surface area contributed by atoms with E-state index in [1.165, 1.54) is 4.88 Å². The van der Waals surface area contributed by atoms with E-state index in [4.69, 9.17) is 9.47 Å². The van der Waals surface area contributed by atoms with Crippen molar-refractivity contribution in [1.82, 2.24) is 0 Å². The lowest BCUT2D eigenvalue weighted by Gasteiger charge is -2.31. The van der Waals surface area contributed by atoms with Gasteiger partial charge in [-0.25, -0.2) is 0 Å². The van der Waals surface area contributed by atoms with Crippen molar-refractivity contribution in [2.45, 2.75) is 38.4 Å². The Morgan fingerprint density at radius 1 is 1.33 bits per heavy atom. The van der Waals surface area contributed by atoms with E-state index in [1.807, 2.05) is 11.3 Å². The summed E-state index contributed by atoms with van der Waals surface area (Å²) in [6.07, 6.45) is 3.85. The number of hydrogen-bond acceptors (Lipinski definition) is 3. The Labute approximate surface area is 95.2 Å². The molecule has 15 heavy (non-hydrogen) atoms. The highest BCUT2D eigenvalue weighted by molar-refractivity contribution is 7.09. The van der Waals surface area contributed by atoms with Crippen LogP contribution in [0.25, 0.3) is 0 Å². The maximum Gasteiger partial charge on any atom is 0.0841 e. The zero-order chi connectivity index (χ0) is 10.5. The van der Waals surface area contributed by atoms with E-state index in [1.54, 1.807) is 0 Å². The molecule has 0 radical (unpaired) electrons. The molecular weight excluding hydrogens is 208 g/mol. The molecule has 2 heterocycles. The first-order valence-electron chi connectivity index (χ1n) is 5.65. The Kier molecular flexibility index (Phi) is 4.18. The minimum atomic E-state index is 0.297. The summed E-state index contributed by atoms with van der Waals surface area (Å²) in [6, 6.07) is 4.30. The lowest BCUT2D eigenvalue weighted by molar-refractivity contribution is -0.142. The summed E-state index contributed by atoms with van der Waals surface area (Å²) in [7, 11) is 0. The van der Waals surface area contributed by atoms with Crippen LogP contribution in [0.15, 0.2) is 17.5 Å². The van der Waals surface area contributed by atoms with Crippen LogP contribution in [-0.4, -0.2) is 25.4 Å². The fraction of sp³-hybridized carbons (Fsp3) is 0.667. The largest absolute Gasteiger partial charge is 0.373 e. The Morgan fingerprint density at radius 3 is 2.80 bits per heavy atom. The minimum Gasteiger partial charge on any atom is -0.373 e. The van der Waals surface area contributed by atoms with Crippen molar-refractivity contribution in [2.75, 3.05) is 13.2 Å². The Hall–Kier alpha value is -0.380. The highest BCUT2D eigenvalue weighted by Gasteiger charge is 2.24. The van der Waals surface area contributed by atoms with Gasteiger partial charge in [-0.3, -0.25) is 0 Å². The van der Waals surface area contributed by atoms with E-state index in [-0.39, 0.29) is 0 Å². The van der Waals surface area contributed by atoms with Crippen LogP contribution in [0, 0.1) is 0 Å². The molecule has 2 atom stereocenters. The zero-order valence-electron chi connectivity index (χ0n) is 9.15. The predicted octanol–water partition coefficient (Wildman–Crippen LogP) is 2.87. The van der Waals surface area contributed by atoms with Crippen LogP contribution < -0.4 is 0 Å². The molecule has 1 aromatic heterocycles. The minimum absolute atomic E-state index is 0.297. The van der Waals surface area contributed by atoms with Crippen molar-refractivity contribution in [3.05, 3.63) is 22.4 Å². The van der Waals surface area contributed by atoms with Crippen molar-refractivity contribution in [1.29, 1.82) is 0 Å². The topological polar surface area (TPSA) is 18.5 Å². The molecule has 0 aliphatic carbocycles. The molecule has 0 amide bonds. The third-order valence-electron chi connectivity index (χ3n) is 2.82. The molecule has 0 saturated carbocycles. The second kappa shape index (κ2) is 5.64. The molecule has 1 saturated heterocycles. The van der Waals surface area contributed by atoms with Crippen molar-refractivity contribution in [3.63, 3.8) is 0 Å². The number of aryl methyl sites for hydroxylation is 1. The van der Waals surface area contributed by atoms with Gasteiger partial charge in [-0.2, -0.15) is 0 Å². The van der Waals surface area contributed by atoms with Gasteiger partial charge in [0.2, 0.25) is 0 Å². The summed E-state index contributed by atoms with van der Waals surface area (Å²) in [6.45, 7) is 3.68. The first kappa shape index (κ1) is 11.1. The van der Waals surface area contributed by atoms with Gasteiger partial charge in [0.25, 0.3) is 0 Å². The second-order valence-electron chi connectivity index (χ2n) is 3.84. The molecule has 1 aromatic rings. The Balaban J connectivity index is 1.81. The molecule has 2 unspecified atom stereocenters. The number of rotatable bonds is 4. The van der Waals surface area contributed by atoms with Crippen LogP contribution in [0.5, 0.6) is 0 Å². The van der Waals surface area contributed by atoms with Gasteiger partial charge in [0, 0.05) is 4.88 Å². The van der Waals surface area contributed by atoms with Gasteiger partial charge in [-0.05, 0) is 30.7 Å². The van der Waals surface area contributed by atoms with Crippen LogP contribution in [0.1, 0.15) is 24.6 Å². The third kappa shape index (κ3) is 3.03. The highest BCUT2D eigenvalue weighted by atomic mass is 32.1. The van der Waals surface area contributed by atoms with Crippen LogP contribution in [0.2, 0.25) is 0 Å². The number of ether oxygens (including phenoxy) is 2. The normalized spacial score (nSPS) is 26.7. The van der Waals surface area contributed by atoms with Gasteiger partial charge in [0.15, 0.2) is 0 Å². The molecule has 84 valence electrons. The van der Waals surface area contributed by atoms with E-state index >= 15 is 0 Å². The monoisotopic (exact) mass is 226 g/mol. The van der Waals surface area contributed by atoms with Gasteiger partial charge in [0.05, 0.1) is 25.4 Å². The van der Waals surface area contributed by atoms with Crippen LogP contribution in [0.3, 0.4) is 0 Å². The Bertz CT molecular complexity index is 271. The van der Waals surface area contributed by atoms with E-state index in [2.05, 4.69) is 24.4 Å². The van der Waals surface area contributed by atoms with E-state index in [0.29, 0.717) is 12.2 Å². The smallest absolute Gasteiger partial charge is 0.0841 e. The molecule has 0 spiro atoms. The summed E-state index contributed by atoms with van der Waals surface area (Å²) in [5, 5.41) is 2.13. The molecule has 0 bridgehead atoms. The average molecular weight is 226 g/mol. The summed E-state index contributed by atoms with van der Waals surface area (Å²) in [5.41, 5.74) is 0. The van der Waals surface area contributed by atoms with Gasteiger partial charge < -0.3 is 9.47 Å². The molecule has 0 N–H and O–H groups in total. The zero-order valence-corrected chi connectivity index (χ0v) is 9.96. The molecule has 0 aromatic carbocycles. The van der Waals surface area contributed by atoms with Crippen molar-refractivity contribution >= 4 is 11.3 Å². The van der Waals surface area contributed by atoms with E-state index in [9.17, 15) is 0 Å². The molecule has 1 aliphatic heterocycles. The quantitative estimate of drug-likeness (QED) is 0.786. The van der Waals surface area contributed by atoms with Crippen molar-refractivity contribution < 1.29 is 9.47 Å². The summed E-state index contributed by atoms with van der Waals surface area (Å²) < 4.78 is 11.4. The molecular formula is C12H18O2S. The average Bonchev–Trinajstić information content (AvgIpc) is 2.79. The second-order valence-corrected chi connectivity index (χ2v) is 4.88. The van der Waals surface area contributed by atoms with Gasteiger partial charge in [-0.15, -0.1) is 11.3 Å². The SMILES string of the molecule is CCC1OCCOC1CCc1cccs1. The van der Waals surface area contributed by atoms with Crippen molar-refractivity contribution in [3.8, 4) is 0 Å². The molecule has 1 fully saturated rings. The first-order chi connectivity index (χ1) is 7.40. The van der Waals surface area contributed by atoms with Crippen LogP contribution in [0.4, 0.5) is 0 Å². The van der Waals surface area contributed by atoms with Gasteiger partial charge >= 0.3 is 0 Å². The standard InChI is InChI=1S/C12H18O2S/c1-2-11-12(14-8-7-13-11)6-5-10-4-3-9-15-10/h3-4,9,11-12H,2,5-8H2,1H3. The van der Waals surface area contributed by atoms with Crippen LogP contribution in [-0.2, 0) is 15.9 Å². The maximum atomic E-state index is 5.76. The van der Waals surface area contributed by atoms with E-state index in [0.717, 1.165) is 32.5 Å². The maximum absolute atomic E-state index is 5.76. The molecule has 1 aliphatic rings. The summed E-state index contributed by atoms with van der Waals surface area (Å²) in [4.78, 5) is 1.44. The fourth-order valence-corrected chi connectivity index (χ4v) is 2.73. The lowest BCUT2D eigenvalue weighted by atomic mass is 10.0.